The number of hydrogen-bond acceptors (Lipinski definition) is 5. The van der Waals surface area contributed by atoms with E-state index in [1.165, 1.54) is 16.4 Å². The molecule has 5 fully saturated rings. The number of carbonyl (C=O) groups excluding carboxylic acids is 1. The Balaban J connectivity index is 1.12. The number of ketones is 1. The number of hydrogen-bond donors (Lipinski definition) is 1. The van der Waals surface area contributed by atoms with Gasteiger partial charge in [-0.3, -0.25) is 9.69 Å². The van der Waals surface area contributed by atoms with Crippen molar-refractivity contribution in [3.05, 3.63) is 29.8 Å². The average molecular weight is 611 g/mol. The molecule has 6 nitrogen and oxygen atoms in total. The van der Waals surface area contributed by atoms with Gasteiger partial charge in [0.15, 0.2) is 0 Å². The Labute approximate surface area is 248 Å². The van der Waals surface area contributed by atoms with Gasteiger partial charge < -0.3 is 5.11 Å². The average Bonchev–Trinajstić information content (AvgIpc) is 3.23. The van der Waals surface area contributed by atoms with Gasteiger partial charge in [-0.1, -0.05) is 19.1 Å². The van der Waals surface area contributed by atoms with E-state index in [-0.39, 0.29) is 18.0 Å². The number of piperazine rings is 1. The summed E-state index contributed by atoms with van der Waals surface area (Å²) in [6, 6.07) is 3.60. The number of fused-ring (bicyclic) bond motifs is 5. The number of β-amino-alcohol motifs (C(OH)–C–C–N with tert-alkyl or cyclic N) is 1. The molecule has 0 amide bonds. The SMILES string of the molecule is CC1CN(S(=O)(=O)c2ccccc2C(F)(F)F)C(C)CN1C[C@@]1(O)CC[C@H]2[C@@H](CC[C@@H]3[C@@H]2CC[C@]2(C)C(=O)CC[C@@H]32)C1. The summed E-state index contributed by atoms with van der Waals surface area (Å²) in [5.74, 6) is 3.30. The second-order valence-corrected chi connectivity index (χ2v) is 16.4. The Hall–Kier alpha value is -1.49. The molecule has 0 spiro atoms. The summed E-state index contributed by atoms with van der Waals surface area (Å²) in [4.78, 5) is 14.1. The maximum Gasteiger partial charge on any atom is 0.417 e. The number of alkyl halides is 3. The molecule has 0 bridgehead atoms. The van der Waals surface area contributed by atoms with E-state index >= 15 is 0 Å². The van der Waals surface area contributed by atoms with Crippen LogP contribution in [0, 0.1) is 35.0 Å². The predicted octanol–water partition coefficient (Wildman–Crippen LogP) is 5.74. The van der Waals surface area contributed by atoms with Crippen molar-refractivity contribution >= 4 is 15.8 Å². The van der Waals surface area contributed by atoms with Crippen LogP contribution >= 0.6 is 0 Å². The molecule has 1 aromatic carbocycles. The van der Waals surface area contributed by atoms with Gasteiger partial charge in [0.25, 0.3) is 0 Å². The van der Waals surface area contributed by atoms with Crippen LogP contribution in [0.3, 0.4) is 0 Å². The molecule has 10 heteroatoms. The van der Waals surface area contributed by atoms with E-state index in [4.69, 9.17) is 0 Å². The predicted molar refractivity (Wildman–Crippen MR) is 153 cm³/mol. The smallest absolute Gasteiger partial charge is 0.389 e. The molecule has 0 radical (unpaired) electrons. The summed E-state index contributed by atoms with van der Waals surface area (Å²) >= 11 is 0. The van der Waals surface area contributed by atoms with Crippen LogP contribution in [-0.2, 0) is 21.0 Å². The van der Waals surface area contributed by atoms with Gasteiger partial charge in [-0.05, 0) is 107 Å². The van der Waals surface area contributed by atoms with Crippen molar-refractivity contribution in [2.24, 2.45) is 35.0 Å². The number of Topliss-reactive ketones (excluding diaryl/α,β-unsaturated/α-hetero) is 1. The molecule has 42 heavy (non-hydrogen) atoms. The van der Waals surface area contributed by atoms with Gasteiger partial charge in [-0.25, -0.2) is 8.42 Å². The fourth-order valence-corrected chi connectivity index (χ4v) is 11.9. The van der Waals surface area contributed by atoms with Crippen LogP contribution in [0.25, 0.3) is 0 Å². The zero-order chi connectivity index (χ0) is 30.2. The van der Waals surface area contributed by atoms with E-state index < -0.39 is 38.3 Å². The highest BCUT2D eigenvalue weighted by molar-refractivity contribution is 7.89. The first kappa shape index (κ1) is 30.5. The van der Waals surface area contributed by atoms with E-state index in [0.29, 0.717) is 54.9 Å². The van der Waals surface area contributed by atoms with Crippen molar-refractivity contribution in [3.8, 4) is 0 Å². The quantitative estimate of drug-likeness (QED) is 0.471. The minimum absolute atomic E-state index is 0.0699. The topological polar surface area (TPSA) is 77.9 Å². The molecule has 234 valence electrons. The van der Waals surface area contributed by atoms with Crippen LogP contribution < -0.4 is 0 Å². The van der Waals surface area contributed by atoms with Crippen LogP contribution in [0.2, 0.25) is 0 Å². The first-order valence-electron chi connectivity index (χ1n) is 15.8. The summed E-state index contributed by atoms with van der Waals surface area (Å²) in [6.45, 7) is 6.70. The lowest BCUT2D eigenvalue weighted by Crippen LogP contribution is -2.61. The zero-order valence-electron chi connectivity index (χ0n) is 24.9. The zero-order valence-corrected chi connectivity index (χ0v) is 25.8. The number of halogens is 3. The Bertz CT molecular complexity index is 1320. The van der Waals surface area contributed by atoms with Crippen molar-refractivity contribution in [1.82, 2.24) is 9.21 Å². The molecule has 0 aromatic heterocycles. The molecule has 4 aliphatic carbocycles. The minimum Gasteiger partial charge on any atom is -0.389 e. The molecule has 6 rings (SSSR count). The highest BCUT2D eigenvalue weighted by atomic mass is 32.2. The highest BCUT2D eigenvalue weighted by Gasteiger charge is 2.58. The fraction of sp³-hybridized carbons (Fsp3) is 0.781. The number of sulfonamides is 1. The van der Waals surface area contributed by atoms with Crippen molar-refractivity contribution in [3.63, 3.8) is 0 Å². The highest BCUT2D eigenvalue weighted by Crippen LogP contribution is 2.62. The first-order valence-corrected chi connectivity index (χ1v) is 17.3. The van der Waals surface area contributed by atoms with Crippen molar-refractivity contribution in [2.45, 2.75) is 107 Å². The molecule has 1 aliphatic heterocycles. The number of aliphatic hydroxyl groups is 1. The second-order valence-electron chi connectivity index (χ2n) is 14.5. The molecule has 1 N–H and O–H groups in total. The maximum absolute atomic E-state index is 13.7. The molecular formula is C32H45F3N2O4S. The standard InChI is InChI=1S/C32H45F3N2O4S/c1-20-18-37(42(40,41)28-7-5-4-6-27(28)32(33,34)35)21(2)17-36(20)19-31(39)15-13-23-22(16-31)8-9-25-24(23)12-14-30(3)26(25)10-11-29(30)38/h4-7,20-26,39H,8-19H2,1-3H3/t20?,21?,22-,23-,24+,25+,26-,30-,31+/m0/s1. The van der Waals surface area contributed by atoms with Crippen LogP contribution in [-0.4, -0.2) is 65.8 Å². The molecular weight excluding hydrogens is 565 g/mol. The largest absolute Gasteiger partial charge is 0.417 e. The fourth-order valence-electron chi connectivity index (χ4n) is 10.0. The molecule has 9 atom stereocenters. The van der Waals surface area contributed by atoms with Crippen molar-refractivity contribution in [1.29, 1.82) is 0 Å². The van der Waals surface area contributed by atoms with Crippen molar-refractivity contribution < 1.29 is 31.5 Å². The van der Waals surface area contributed by atoms with E-state index in [1.807, 2.05) is 6.92 Å². The third kappa shape index (κ3) is 5.06. The Kier molecular flexibility index (Phi) is 7.67. The third-order valence-corrected chi connectivity index (χ3v) is 14.2. The summed E-state index contributed by atoms with van der Waals surface area (Å²) in [5.41, 5.74) is -2.13. The lowest BCUT2D eigenvalue weighted by atomic mass is 9.49. The summed E-state index contributed by atoms with van der Waals surface area (Å²) in [5, 5.41) is 11.9. The van der Waals surface area contributed by atoms with Crippen LogP contribution in [0.15, 0.2) is 29.2 Å². The van der Waals surface area contributed by atoms with Crippen LogP contribution in [0.5, 0.6) is 0 Å². The molecule has 2 unspecified atom stereocenters. The number of rotatable bonds is 4. The molecule has 1 saturated heterocycles. The van der Waals surface area contributed by atoms with E-state index in [2.05, 4.69) is 11.8 Å². The van der Waals surface area contributed by atoms with Gasteiger partial charge >= 0.3 is 6.18 Å². The summed E-state index contributed by atoms with van der Waals surface area (Å²) in [7, 11) is -4.37. The molecule has 4 saturated carbocycles. The van der Waals surface area contributed by atoms with E-state index in [9.17, 15) is 31.5 Å². The summed E-state index contributed by atoms with van der Waals surface area (Å²) in [6.07, 6.45) is 3.77. The monoisotopic (exact) mass is 610 g/mol. The normalized spacial score (nSPS) is 41.7. The number of benzene rings is 1. The van der Waals surface area contributed by atoms with Crippen LogP contribution in [0.4, 0.5) is 13.2 Å². The van der Waals surface area contributed by atoms with Gasteiger partial charge in [-0.15, -0.1) is 0 Å². The van der Waals surface area contributed by atoms with E-state index in [0.717, 1.165) is 63.5 Å². The van der Waals surface area contributed by atoms with Gasteiger partial charge in [-0.2, -0.15) is 17.5 Å². The Morgan fingerprint density at radius 1 is 0.952 bits per heavy atom. The third-order valence-electron chi connectivity index (χ3n) is 12.1. The van der Waals surface area contributed by atoms with Gasteiger partial charge in [0.2, 0.25) is 10.0 Å². The number of carbonyl (C=O) groups is 1. The Morgan fingerprint density at radius 2 is 1.67 bits per heavy atom. The number of nitrogens with zero attached hydrogens (tertiary/aromatic N) is 2. The lowest BCUT2D eigenvalue weighted by molar-refractivity contribution is -0.140. The maximum atomic E-state index is 13.7. The molecule has 5 aliphatic rings. The van der Waals surface area contributed by atoms with Gasteiger partial charge in [0, 0.05) is 43.6 Å². The minimum atomic E-state index is -4.77. The van der Waals surface area contributed by atoms with E-state index in [1.54, 1.807) is 6.92 Å². The van der Waals surface area contributed by atoms with Crippen LogP contribution in [0.1, 0.15) is 84.1 Å². The Morgan fingerprint density at radius 3 is 2.40 bits per heavy atom. The van der Waals surface area contributed by atoms with Gasteiger partial charge in [0.05, 0.1) is 16.1 Å². The summed E-state index contributed by atoms with van der Waals surface area (Å²) < 4.78 is 69.1. The first-order chi connectivity index (χ1) is 19.6. The molecule has 1 heterocycles. The molecule has 1 aromatic rings. The van der Waals surface area contributed by atoms with Gasteiger partial charge in [0.1, 0.15) is 5.78 Å². The lowest BCUT2D eigenvalue weighted by Gasteiger charge is -2.56. The second kappa shape index (κ2) is 10.6. The van der Waals surface area contributed by atoms with Crippen molar-refractivity contribution in [2.75, 3.05) is 19.6 Å².